The first kappa shape index (κ1) is 23.8. The Bertz CT molecular complexity index is 984. The van der Waals surface area contributed by atoms with Gasteiger partial charge in [-0.05, 0) is 63.4 Å². The van der Waals surface area contributed by atoms with Gasteiger partial charge in [-0.15, -0.1) is 0 Å². The number of aromatic nitrogens is 2. The van der Waals surface area contributed by atoms with Crippen molar-refractivity contribution in [3.63, 3.8) is 0 Å². The first-order valence-corrected chi connectivity index (χ1v) is 11.6. The minimum Gasteiger partial charge on any atom is -0.483 e. The molecular weight excluding hydrogens is 400 g/mol. The van der Waals surface area contributed by atoms with Crippen molar-refractivity contribution in [2.45, 2.75) is 51.5 Å². The van der Waals surface area contributed by atoms with Crippen LogP contribution < -0.4 is 10.2 Å². The molecule has 0 saturated carbocycles. The standard InChI is InChI=1S/C20H23N3.C5H11N.CH2O2/c1-14-9-10-16-17(22(14)2)11-12-18-20(16)21-19(23(18)3)13-15-7-5-4-6-8-15;1-2-4-6-5-3-1;2-1-3/h4-8,11-12,14H,9-10,13H2,1-3H3;6H,1-5H2;1H,(H,2,3). The Hall–Kier alpha value is -2.86. The van der Waals surface area contributed by atoms with E-state index in [-0.39, 0.29) is 6.47 Å². The number of hydrogen-bond acceptors (Lipinski definition) is 4. The van der Waals surface area contributed by atoms with E-state index >= 15 is 0 Å². The first-order chi connectivity index (χ1) is 15.6. The van der Waals surface area contributed by atoms with Gasteiger partial charge < -0.3 is 19.9 Å². The molecule has 1 fully saturated rings. The zero-order valence-corrected chi connectivity index (χ0v) is 19.6. The van der Waals surface area contributed by atoms with E-state index in [9.17, 15) is 0 Å². The second-order valence-electron chi connectivity index (χ2n) is 8.60. The largest absolute Gasteiger partial charge is 0.483 e. The quantitative estimate of drug-likeness (QED) is 0.583. The van der Waals surface area contributed by atoms with Crippen LogP contribution >= 0.6 is 0 Å². The number of rotatable bonds is 2. The van der Waals surface area contributed by atoms with Gasteiger partial charge >= 0.3 is 0 Å². The number of hydrogen-bond donors (Lipinski definition) is 2. The average molecular weight is 437 g/mol. The third-order valence-corrected chi connectivity index (χ3v) is 6.49. The fourth-order valence-electron chi connectivity index (χ4n) is 4.45. The Morgan fingerprint density at radius 1 is 1.09 bits per heavy atom. The number of fused-ring (bicyclic) bond motifs is 3. The van der Waals surface area contributed by atoms with E-state index in [2.05, 4.69) is 78.3 Å². The lowest BCUT2D eigenvalue weighted by atomic mass is 9.96. The van der Waals surface area contributed by atoms with Crippen molar-refractivity contribution in [2.75, 3.05) is 25.0 Å². The summed E-state index contributed by atoms with van der Waals surface area (Å²) >= 11 is 0. The molecule has 0 amide bonds. The Kier molecular flexibility index (Phi) is 8.68. The number of piperidine rings is 1. The molecule has 2 N–H and O–H groups in total. The lowest BCUT2D eigenvalue weighted by Crippen LogP contribution is -2.33. The van der Waals surface area contributed by atoms with Crippen LogP contribution in [0.4, 0.5) is 5.69 Å². The van der Waals surface area contributed by atoms with E-state index < -0.39 is 0 Å². The highest BCUT2D eigenvalue weighted by molar-refractivity contribution is 5.86. The van der Waals surface area contributed by atoms with Gasteiger partial charge in [0.05, 0.1) is 11.0 Å². The van der Waals surface area contributed by atoms with Crippen LogP contribution in [-0.4, -0.2) is 47.3 Å². The van der Waals surface area contributed by atoms with E-state index in [0.717, 1.165) is 18.7 Å². The second-order valence-corrected chi connectivity index (χ2v) is 8.60. The smallest absolute Gasteiger partial charge is 0.290 e. The molecule has 3 heterocycles. The summed E-state index contributed by atoms with van der Waals surface area (Å²) in [6.07, 6.45) is 7.42. The molecule has 2 aliphatic heterocycles. The normalized spacial score (nSPS) is 17.5. The molecule has 1 saturated heterocycles. The summed E-state index contributed by atoms with van der Waals surface area (Å²) in [5.74, 6) is 1.14. The maximum atomic E-state index is 8.36. The summed E-state index contributed by atoms with van der Waals surface area (Å²) < 4.78 is 2.25. The van der Waals surface area contributed by atoms with Crippen LogP contribution in [0.3, 0.4) is 0 Å². The molecule has 0 spiro atoms. The average Bonchev–Trinajstić information content (AvgIpc) is 3.14. The molecule has 172 valence electrons. The number of nitrogens with zero attached hydrogens (tertiary/aromatic N) is 3. The SMILES string of the molecule is C1CCNCC1.CC1CCc2c(ccc3c2nc(Cc2ccccc2)n3C)N1C.O=CO. The van der Waals surface area contributed by atoms with E-state index in [1.54, 1.807) is 0 Å². The van der Waals surface area contributed by atoms with Crippen molar-refractivity contribution in [3.05, 3.63) is 59.4 Å². The van der Waals surface area contributed by atoms with E-state index in [1.807, 2.05) is 0 Å². The Labute approximate surface area is 191 Å². The van der Waals surface area contributed by atoms with Gasteiger partial charge in [-0.1, -0.05) is 36.8 Å². The molecule has 0 aliphatic carbocycles. The fourth-order valence-corrected chi connectivity index (χ4v) is 4.45. The lowest BCUT2D eigenvalue weighted by Gasteiger charge is -2.33. The molecule has 1 aromatic heterocycles. The van der Waals surface area contributed by atoms with Gasteiger partial charge in [-0.2, -0.15) is 0 Å². The van der Waals surface area contributed by atoms with Crippen LogP contribution in [-0.2, 0) is 24.7 Å². The maximum Gasteiger partial charge on any atom is 0.290 e. The lowest BCUT2D eigenvalue weighted by molar-refractivity contribution is -0.122. The van der Waals surface area contributed by atoms with Gasteiger partial charge in [-0.25, -0.2) is 4.98 Å². The van der Waals surface area contributed by atoms with Gasteiger partial charge in [0.25, 0.3) is 6.47 Å². The summed E-state index contributed by atoms with van der Waals surface area (Å²) in [5.41, 5.74) is 6.51. The van der Waals surface area contributed by atoms with Crippen LogP contribution in [0.25, 0.3) is 11.0 Å². The van der Waals surface area contributed by atoms with Gasteiger partial charge in [0.15, 0.2) is 0 Å². The topological polar surface area (TPSA) is 70.4 Å². The molecule has 32 heavy (non-hydrogen) atoms. The molecule has 2 aromatic carbocycles. The van der Waals surface area contributed by atoms with Gasteiger partial charge in [0, 0.05) is 37.8 Å². The molecule has 6 nitrogen and oxygen atoms in total. The van der Waals surface area contributed by atoms with Crippen LogP contribution in [0.15, 0.2) is 42.5 Å². The van der Waals surface area contributed by atoms with Crippen molar-refractivity contribution in [3.8, 4) is 0 Å². The number of aryl methyl sites for hydroxylation is 2. The number of nitrogens with one attached hydrogen (secondary N) is 1. The molecule has 0 radical (unpaired) electrons. The number of carbonyl (C=O) groups is 1. The molecule has 3 aromatic rings. The highest BCUT2D eigenvalue weighted by Gasteiger charge is 2.23. The number of imidazole rings is 1. The number of anilines is 1. The highest BCUT2D eigenvalue weighted by atomic mass is 16.3. The number of benzene rings is 2. The summed E-state index contributed by atoms with van der Waals surface area (Å²) in [6, 6.07) is 15.7. The Morgan fingerprint density at radius 3 is 2.38 bits per heavy atom. The summed E-state index contributed by atoms with van der Waals surface area (Å²) in [7, 11) is 4.33. The fraction of sp³-hybridized carbons (Fsp3) is 0.462. The third kappa shape index (κ3) is 5.68. The van der Waals surface area contributed by atoms with Crippen molar-refractivity contribution in [2.24, 2.45) is 7.05 Å². The van der Waals surface area contributed by atoms with Gasteiger partial charge in [-0.3, -0.25) is 4.79 Å². The van der Waals surface area contributed by atoms with Crippen molar-refractivity contribution in [1.82, 2.24) is 14.9 Å². The van der Waals surface area contributed by atoms with Gasteiger partial charge in [0.2, 0.25) is 0 Å². The molecule has 5 rings (SSSR count). The predicted octanol–water partition coefficient (Wildman–Crippen LogP) is 4.40. The van der Waals surface area contributed by atoms with Crippen LogP contribution in [0.5, 0.6) is 0 Å². The molecule has 1 atom stereocenters. The number of carboxylic acid groups (broad SMARTS) is 1. The molecule has 6 heteroatoms. The minimum absolute atomic E-state index is 0.250. The third-order valence-electron chi connectivity index (χ3n) is 6.49. The van der Waals surface area contributed by atoms with Crippen LogP contribution in [0.1, 0.15) is 49.6 Å². The first-order valence-electron chi connectivity index (χ1n) is 11.6. The van der Waals surface area contributed by atoms with Crippen molar-refractivity contribution in [1.29, 1.82) is 0 Å². The molecule has 0 bridgehead atoms. The summed E-state index contributed by atoms with van der Waals surface area (Å²) in [6.45, 7) is 4.55. The van der Waals surface area contributed by atoms with Crippen LogP contribution in [0, 0.1) is 0 Å². The second kappa shape index (κ2) is 11.7. The summed E-state index contributed by atoms with van der Waals surface area (Å²) in [5, 5.41) is 10.2. The van der Waals surface area contributed by atoms with E-state index in [4.69, 9.17) is 14.9 Å². The minimum atomic E-state index is -0.250. The van der Waals surface area contributed by atoms with Crippen LogP contribution in [0.2, 0.25) is 0 Å². The zero-order chi connectivity index (χ0) is 22.9. The Morgan fingerprint density at radius 2 is 1.78 bits per heavy atom. The zero-order valence-electron chi connectivity index (χ0n) is 19.6. The Balaban J connectivity index is 0.000000271. The monoisotopic (exact) mass is 436 g/mol. The van der Waals surface area contributed by atoms with Crippen molar-refractivity contribution >= 4 is 23.2 Å². The van der Waals surface area contributed by atoms with Crippen molar-refractivity contribution < 1.29 is 9.90 Å². The predicted molar refractivity (Wildman–Crippen MR) is 132 cm³/mol. The van der Waals surface area contributed by atoms with E-state index in [0.29, 0.717) is 6.04 Å². The van der Waals surface area contributed by atoms with Gasteiger partial charge in [0.1, 0.15) is 5.82 Å². The molecular formula is C26H36N4O2. The maximum absolute atomic E-state index is 8.36. The molecule has 1 unspecified atom stereocenters. The van der Waals surface area contributed by atoms with E-state index in [1.165, 1.54) is 66.6 Å². The molecule has 2 aliphatic rings. The summed E-state index contributed by atoms with van der Waals surface area (Å²) in [4.78, 5) is 15.8. The highest BCUT2D eigenvalue weighted by Crippen LogP contribution is 2.35.